The zero-order valence-electron chi connectivity index (χ0n) is 33.3. The largest absolute Gasteiger partial charge is 0.458 e. The summed E-state index contributed by atoms with van der Waals surface area (Å²) in [5.74, 6) is -3.20. The van der Waals surface area contributed by atoms with Gasteiger partial charge in [-0.1, -0.05) is 20.8 Å². The Kier molecular flexibility index (Phi) is 13.2. The minimum absolute atomic E-state index is 0.00601. The lowest BCUT2D eigenvalue weighted by Gasteiger charge is -2.47. The summed E-state index contributed by atoms with van der Waals surface area (Å²) in [4.78, 5) is 51.0. The van der Waals surface area contributed by atoms with Gasteiger partial charge in [0.15, 0.2) is 17.7 Å². The van der Waals surface area contributed by atoms with Gasteiger partial charge in [-0.3, -0.25) is 9.59 Å². The van der Waals surface area contributed by atoms with Gasteiger partial charge < -0.3 is 49.6 Å². The van der Waals surface area contributed by atoms with Crippen LogP contribution in [-0.2, 0) is 33.3 Å². The standard InChI is InChI=1S/C39H60N6O9/c1-11-30-39(7)33(44-37(49)54-39)24(5)41-17-21(2)16-38(6,50-10)34(22(3)31(46)23(4)35(48)52-30)53-36-32(47)29(45(8)9)15-27(51-36)19-42-26-12-13-28-25(14-26)18-40-20-43-28/h12-14,18,20-24,27,29-30,32-34,36,41-42,47H,11,15-17,19H2,1-10H3,(H,44,49)/t21-,22+,23?,24-,27+,29?,30+,32?,33-,34-,36+,38-,39-/m1/s1. The number of methoxy groups -OCH3 is 1. The van der Waals surface area contributed by atoms with Crippen molar-refractivity contribution in [3.05, 3.63) is 30.7 Å². The number of alkyl carbamates (subject to hydrolysis) is 1. The van der Waals surface area contributed by atoms with Crippen LogP contribution in [0.3, 0.4) is 0 Å². The van der Waals surface area contributed by atoms with Gasteiger partial charge in [0, 0.05) is 48.9 Å². The first-order valence-corrected chi connectivity index (χ1v) is 19.1. The summed E-state index contributed by atoms with van der Waals surface area (Å²) in [5.41, 5.74) is -0.537. The lowest BCUT2D eigenvalue weighted by molar-refractivity contribution is -0.296. The van der Waals surface area contributed by atoms with Gasteiger partial charge in [0.05, 0.1) is 29.4 Å². The Bertz CT molecular complexity index is 1630. The Morgan fingerprint density at radius 1 is 1.13 bits per heavy atom. The number of amides is 1. The van der Waals surface area contributed by atoms with Crippen molar-refractivity contribution in [2.24, 2.45) is 17.8 Å². The summed E-state index contributed by atoms with van der Waals surface area (Å²) < 4.78 is 31.3. The summed E-state index contributed by atoms with van der Waals surface area (Å²) >= 11 is 0. The summed E-state index contributed by atoms with van der Waals surface area (Å²) in [6.07, 6.45) is -0.299. The molecule has 4 N–H and O–H groups in total. The molecule has 1 amide bonds. The number of cyclic esters (lactones) is 1. The molecule has 3 aliphatic heterocycles. The molecule has 300 valence electrons. The average molecular weight is 757 g/mol. The highest BCUT2D eigenvalue weighted by Gasteiger charge is 2.55. The maximum Gasteiger partial charge on any atom is 0.408 e. The van der Waals surface area contributed by atoms with Crippen molar-refractivity contribution in [3.8, 4) is 0 Å². The van der Waals surface area contributed by atoms with E-state index in [9.17, 15) is 19.5 Å². The highest BCUT2D eigenvalue weighted by atomic mass is 16.7. The quantitative estimate of drug-likeness (QED) is 0.228. The van der Waals surface area contributed by atoms with Crippen LogP contribution in [0.5, 0.6) is 0 Å². The van der Waals surface area contributed by atoms with E-state index in [2.05, 4.69) is 32.8 Å². The smallest absolute Gasteiger partial charge is 0.408 e. The first-order chi connectivity index (χ1) is 25.5. The molecule has 0 spiro atoms. The number of benzene rings is 1. The number of Topliss-reactive ketones (excluding diaryl/α,β-unsaturated/α-hetero) is 1. The normalized spacial score (nSPS) is 38.5. The first kappa shape index (κ1) is 41.7. The molecule has 2 aromatic rings. The number of nitrogens with one attached hydrogen (secondary N) is 3. The van der Waals surface area contributed by atoms with Crippen LogP contribution in [0.4, 0.5) is 10.5 Å². The Morgan fingerprint density at radius 3 is 2.56 bits per heavy atom. The van der Waals surface area contributed by atoms with Crippen LogP contribution in [0.25, 0.3) is 10.9 Å². The van der Waals surface area contributed by atoms with Gasteiger partial charge >= 0.3 is 12.1 Å². The Labute approximate surface area is 318 Å². The fraction of sp³-hybridized carbons (Fsp3) is 0.718. The number of aliphatic hydroxyl groups excluding tert-OH is 1. The topological polar surface area (TPSA) is 183 Å². The molecule has 0 saturated carbocycles. The monoisotopic (exact) mass is 756 g/mol. The number of rotatable bonds is 8. The number of fused-ring (bicyclic) bond motifs is 2. The zero-order valence-corrected chi connectivity index (χ0v) is 33.3. The van der Waals surface area contributed by atoms with Crippen molar-refractivity contribution in [2.45, 2.75) is 128 Å². The number of anilines is 1. The van der Waals surface area contributed by atoms with Crippen molar-refractivity contribution in [3.63, 3.8) is 0 Å². The molecule has 3 saturated heterocycles. The Balaban J connectivity index is 1.43. The van der Waals surface area contributed by atoms with Gasteiger partial charge in [-0.05, 0) is 91.7 Å². The number of esters is 1. The third-order valence-corrected chi connectivity index (χ3v) is 11.8. The van der Waals surface area contributed by atoms with Gasteiger partial charge in [0.2, 0.25) is 0 Å². The molecule has 1 aromatic carbocycles. The van der Waals surface area contributed by atoms with Crippen LogP contribution in [-0.4, -0.2) is 132 Å². The molecule has 0 aliphatic carbocycles. The predicted octanol–water partition coefficient (Wildman–Crippen LogP) is 3.29. The number of ether oxygens (including phenoxy) is 5. The summed E-state index contributed by atoms with van der Waals surface area (Å²) in [6, 6.07) is 4.74. The first-order valence-electron chi connectivity index (χ1n) is 19.1. The minimum Gasteiger partial charge on any atom is -0.458 e. The third-order valence-electron chi connectivity index (χ3n) is 11.8. The molecule has 3 fully saturated rings. The fourth-order valence-electron chi connectivity index (χ4n) is 8.48. The number of aliphatic hydroxyl groups is 1. The number of hydrogen-bond acceptors (Lipinski definition) is 14. The van der Waals surface area contributed by atoms with Crippen molar-refractivity contribution in [2.75, 3.05) is 39.6 Å². The Hall–Kier alpha value is -3.47. The highest BCUT2D eigenvalue weighted by Crippen LogP contribution is 2.38. The van der Waals surface area contributed by atoms with Crippen molar-refractivity contribution < 1.29 is 43.2 Å². The van der Waals surface area contributed by atoms with E-state index in [1.54, 1.807) is 27.2 Å². The van der Waals surface area contributed by atoms with Gasteiger partial charge in [-0.15, -0.1) is 0 Å². The number of hydrogen-bond donors (Lipinski definition) is 4. The van der Waals surface area contributed by atoms with E-state index >= 15 is 0 Å². The molecule has 15 heteroatoms. The van der Waals surface area contributed by atoms with E-state index in [1.165, 1.54) is 13.3 Å². The van der Waals surface area contributed by atoms with E-state index in [0.29, 0.717) is 32.4 Å². The average Bonchev–Trinajstić information content (AvgIpc) is 3.47. The SMILES string of the molecule is CC[C@@H]1OC(=O)C(C)C(=O)[C@H](C)[C@@H](O[C@@H]2O[C@H](CNc3ccc4ncncc4c3)CC(N(C)C)C2O)[C@](C)(OC)C[C@@H](C)CN[C@H](C)[C@H]2NC(=O)O[C@]12C. The van der Waals surface area contributed by atoms with Crippen molar-refractivity contribution >= 4 is 34.4 Å². The van der Waals surface area contributed by atoms with E-state index in [0.717, 1.165) is 16.6 Å². The summed E-state index contributed by atoms with van der Waals surface area (Å²) in [5, 5.41) is 22.5. The van der Waals surface area contributed by atoms with E-state index in [4.69, 9.17) is 23.7 Å². The maximum atomic E-state index is 14.3. The van der Waals surface area contributed by atoms with E-state index in [1.807, 2.05) is 58.0 Å². The van der Waals surface area contributed by atoms with Gasteiger partial charge in [-0.2, -0.15) is 0 Å². The molecule has 15 nitrogen and oxygen atoms in total. The molecule has 4 heterocycles. The number of nitrogens with zero attached hydrogens (tertiary/aromatic N) is 3. The molecular formula is C39H60N6O9. The zero-order chi connectivity index (χ0) is 39.5. The fourth-order valence-corrected chi connectivity index (χ4v) is 8.48. The van der Waals surface area contributed by atoms with Gasteiger partial charge in [0.25, 0.3) is 0 Å². The molecule has 1 aromatic heterocycles. The number of ketones is 1. The molecule has 13 atom stereocenters. The molecular weight excluding hydrogens is 696 g/mol. The molecule has 3 aliphatic rings. The highest BCUT2D eigenvalue weighted by molar-refractivity contribution is 6.00. The maximum absolute atomic E-state index is 14.3. The van der Waals surface area contributed by atoms with Crippen LogP contribution >= 0.6 is 0 Å². The van der Waals surface area contributed by atoms with Crippen LogP contribution in [0.1, 0.15) is 67.7 Å². The van der Waals surface area contributed by atoms with Crippen LogP contribution in [0.15, 0.2) is 30.7 Å². The van der Waals surface area contributed by atoms with Crippen LogP contribution in [0.2, 0.25) is 0 Å². The van der Waals surface area contributed by atoms with Crippen LogP contribution < -0.4 is 16.0 Å². The molecule has 5 rings (SSSR count). The number of carbonyl (C=O) groups is 3. The van der Waals surface area contributed by atoms with E-state index < -0.39 is 71.5 Å². The van der Waals surface area contributed by atoms with Crippen molar-refractivity contribution in [1.29, 1.82) is 0 Å². The number of likely N-dealkylation sites (N-methyl/N-ethyl adjacent to an activating group) is 1. The summed E-state index contributed by atoms with van der Waals surface area (Å²) in [7, 11) is 5.38. The predicted molar refractivity (Wildman–Crippen MR) is 202 cm³/mol. The number of carbonyl (C=O) groups excluding carboxylic acids is 3. The number of aromatic nitrogens is 2. The molecule has 0 bridgehead atoms. The minimum atomic E-state index is -1.18. The third kappa shape index (κ3) is 8.81. The molecule has 0 radical (unpaired) electrons. The lowest BCUT2D eigenvalue weighted by atomic mass is 9.78. The second-order valence-corrected chi connectivity index (χ2v) is 16.1. The van der Waals surface area contributed by atoms with Gasteiger partial charge in [-0.25, -0.2) is 14.8 Å². The van der Waals surface area contributed by atoms with E-state index in [-0.39, 0.29) is 24.1 Å². The Morgan fingerprint density at radius 2 is 1.87 bits per heavy atom. The second-order valence-electron chi connectivity index (χ2n) is 16.1. The second kappa shape index (κ2) is 17.1. The molecule has 54 heavy (non-hydrogen) atoms. The summed E-state index contributed by atoms with van der Waals surface area (Å²) in [6.45, 7) is 13.7. The van der Waals surface area contributed by atoms with Crippen LogP contribution in [0, 0.1) is 17.8 Å². The van der Waals surface area contributed by atoms with Gasteiger partial charge in [0.1, 0.15) is 24.5 Å². The molecule has 3 unspecified atom stereocenters. The lowest BCUT2D eigenvalue weighted by Crippen LogP contribution is -2.60. The van der Waals surface area contributed by atoms with Crippen molar-refractivity contribution in [1.82, 2.24) is 25.5 Å².